The number of nitrogens with two attached hydrogens (primary N) is 1. The summed E-state index contributed by atoms with van der Waals surface area (Å²) in [6.45, 7) is 3.78. The normalized spacial score (nSPS) is 11.2. The topological polar surface area (TPSA) is 55.1 Å². The Kier molecular flexibility index (Phi) is 5.43. The molecule has 6 heteroatoms. The molecule has 3 N–H and O–H groups in total. The Morgan fingerprint density at radius 1 is 1.47 bits per heavy atom. The number of rotatable bonds is 5. The number of halogens is 2. The molecule has 0 fully saturated rings. The molecule has 0 atom stereocenters. The molecule has 1 aromatic rings. The van der Waals surface area contributed by atoms with Gasteiger partial charge in [-0.2, -0.15) is 0 Å². The fourth-order valence-electron chi connectivity index (χ4n) is 1.80. The first kappa shape index (κ1) is 16.0. The van der Waals surface area contributed by atoms with Crippen LogP contribution >= 0.6 is 28.1 Å². The number of hydrogen-bond acceptors (Lipinski definition) is 2. The largest absolute Gasteiger partial charge is 0.391 e. The molecule has 0 saturated heterocycles. The zero-order chi connectivity index (χ0) is 14.6. The van der Waals surface area contributed by atoms with Gasteiger partial charge in [0.25, 0.3) is 5.91 Å². The van der Waals surface area contributed by atoms with Crippen molar-refractivity contribution in [3.05, 3.63) is 34.1 Å². The summed E-state index contributed by atoms with van der Waals surface area (Å²) in [5.41, 5.74) is 5.20. The number of thiocarbonyl (C=S) groups is 1. The van der Waals surface area contributed by atoms with E-state index in [4.69, 9.17) is 18.0 Å². The van der Waals surface area contributed by atoms with E-state index in [1.807, 2.05) is 13.8 Å². The molecule has 0 unspecified atom stereocenters. The Morgan fingerprint density at radius 2 is 2.05 bits per heavy atom. The fraction of sp³-hybridized carbons (Fsp3) is 0.385. The second-order valence-electron chi connectivity index (χ2n) is 4.21. The zero-order valence-corrected chi connectivity index (χ0v) is 13.2. The molecule has 0 aliphatic carbocycles. The van der Waals surface area contributed by atoms with Crippen LogP contribution in [0.3, 0.4) is 0 Å². The lowest BCUT2D eigenvalue weighted by molar-refractivity contribution is 0.0918. The molecule has 0 spiro atoms. The van der Waals surface area contributed by atoms with E-state index in [-0.39, 0.29) is 15.0 Å². The van der Waals surface area contributed by atoms with Crippen LogP contribution in [0.25, 0.3) is 0 Å². The lowest BCUT2D eigenvalue weighted by atomic mass is 9.92. The summed E-state index contributed by atoms with van der Waals surface area (Å²) >= 11 is 8.10. The maximum atomic E-state index is 13.4. The van der Waals surface area contributed by atoms with Crippen LogP contribution < -0.4 is 11.1 Å². The molecule has 3 nitrogen and oxygen atoms in total. The number of amides is 1. The van der Waals surface area contributed by atoms with Crippen LogP contribution in [0.15, 0.2) is 22.7 Å². The molecule has 0 bridgehead atoms. The number of carbonyl (C=O) groups is 1. The fourth-order valence-corrected chi connectivity index (χ4v) is 2.58. The molecule has 0 saturated carbocycles. The van der Waals surface area contributed by atoms with E-state index in [0.717, 1.165) is 0 Å². The minimum atomic E-state index is -0.738. The van der Waals surface area contributed by atoms with Crippen molar-refractivity contribution in [2.45, 2.75) is 32.2 Å². The molecule has 104 valence electrons. The van der Waals surface area contributed by atoms with Gasteiger partial charge in [0.15, 0.2) is 0 Å². The van der Waals surface area contributed by atoms with Crippen LogP contribution in [0, 0.1) is 5.82 Å². The summed E-state index contributed by atoms with van der Waals surface area (Å²) in [5, 5.41) is 2.81. The molecule has 0 radical (unpaired) electrons. The first-order chi connectivity index (χ1) is 8.88. The van der Waals surface area contributed by atoms with Crippen molar-refractivity contribution >= 4 is 39.0 Å². The van der Waals surface area contributed by atoms with Gasteiger partial charge in [0.1, 0.15) is 5.82 Å². The molecule has 19 heavy (non-hydrogen) atoms. The third-order valence-corrected chi connectivity index (χ3v) is 4.42. The second kappa shape index (κ2) is 6.43. The van der Waals surface area contributed by atoms with Gasteiger partial charge in [0.05, 0.1) is 20.6 Å². The average Bonchev–Trinajstić information content (AvgIpc) is 2.38. The lowest BCUT2D eigenvalue weighted by Crippen LogP contribution is -2.56. The quantitative estimate of drug-likeness (QED) is 0.805. The lowest BCUT2D eigenvalue weighted by Gasteiger charge is -2.31. The highest BCUT2D eigenvalue weighted by molar-refractivity contribution is 9.10. The van der Waals surface area contributed by atoms with Gasteiger partial charge in [-0.3, -0.25) is 4.79 Å². The molecule has 1 aromatic carbocycles. The monoisotopic (exact) mass is 346 g/mol. The number of nitrogens with one attached hydrogen (secondary N) is 1. The molecule has 1 amide bonds. The minimum Gasteiger partial charge on any atom is -0.391 e. The number of benzene rings is 1. The van der Waals surface area contributed by atoms with Gasteiger partial charge in [-0.1, -0.05) is 32.1 Å². The van der Waals surface area contributed by atoms with Crippen molar-refractivity contribution < 1.29 is 9.18 Å². The Morgan fingerprint density at radius 3 is 2.53 bits per heavy atom. The summed E-state index contributed by atoms with van der Waals surface area (Å²) in [6.07, 6.45) is 1.16. The molecular formula is C13H16BrFN2OS. The first-order valence-electron chi connectivity index (χ1n) is 5.94. The average molecular weight is 347 g/mol. The Balaban J connectivity index is 3.08. The van der Waals surface area contributed by atoms with Crippen LogP contribution in [-0.2, 0) is 0 Å². The maximum absolute atomic E-state index is 13.4. The second-order valence-corrected chi connectivity index (χ2v) is 5.44. The Bertz CT molecular complexity index is 503. The molecule has 0 aliphatic rings. The zero-order valence-electron chi connectivity index (χ0n) is 10.8. The van der Waals surface area contributed by atoms with Crippen LogP contribution in [0.5, 0.6) is 0 Å². The van der Waals surface area contributed by atoms with E-state index >= 15 is 0 Å². The van der Waals surface area contributed by atoms with E-state index in [9.17, 15) is 9.18 Å². The van der Waals surface area contributed by atoms with Gasteiger partial charge in [0, 0.05) is 0 Å². The third-order valence-electron chi connectivity index (χ3n) is 3.23. The highest BCUT2D eigenvalue weighted by Gasteiger charge is 2.32. The summed E-state index contributed by atoms with van der Waals surface area (Å²) in [7, 11) is 0. The van der Waals surface area contributed by atoms with Crippen molar-refractivity contribution in [2.75, 3.05) is 0 Å². The van der Waals surface area contributed by atoms with Gasteiger partial charge in [-0.05, 0) is 40.9 Å². The Hall–Kier alpha value is -1.01. The molecule has 0 aromatic heterocycles. The summed E-state index contributed by atoms with van der Waals surface area (Å²) in [6, 6.07) is 4.30. The first-order valence-corrected chi connectivity index (χ1v) is 7.14. The predicted octanol–water partition coefficient (Wildman–Crippen LogP) is 3.16. The highest BCUT2D eigenvalue weighted by Crippen LogP contribution is 2.22. The number of hydrogen-bond donors (Lipinski definition) is 2. The highest BCUT2D eigenvalue weighted by atomic mass is 79.9. The Labute approximate surface area is 125 Å². The summed E-state index contributed by atoms with van der Waals surface area (Å²) in [4.78, 5) is 12.5. The van der Waals surface area contributed by atoms with E-state index < -0.39 is 17.3 Å². The van der Waals surface area contributed by atoms with E-state index in [2.05, 4.69) is 21.2 Å². The van der Waals surface area contributed by atoms with Crippen LogP contribution in [0.2, 0.25) is 0 Å². The molecule has 1 rings (SSSR count). The third kappa shape index (κ3) is 3.30. The van der Waals surface area contributed by atoms with Crippen molar-refractivity contribution in [2.24, 2.45) is 5.73 Å². The molecule has 0 aliphatic heterocycles. The molecular weight excluding hydrogens is 331 g/mol. The van der Waals surface area contributed by atoms with Crippen molar-refractivity contribution in [3.63, 3.8) is 0 Å². The smallest absolute Gasteiger partial charge is 0.253 e. The summed E-state index contributed by atoms with van der Waals surface area (Å²) in [5.74, 6) is -0.885. The molecule has 0 heterocycles. The predicted molar refractivity (Wildman–Crippen MR) is 81.7 cm³/mol. The van der Waals surface area contributed by atoms with Gasteiger partial charge in [-0.25, -0.2) is 4.39 Å². The van der Waals surface area contributed by atoms with Crippen molar-refractivity contribution in [1.82, 2.24) is 5.32 Å². The van der Waals surface area contributed by atoms with Gasteiger partial charge >= 0.3 is 0 Å². The van der Waals surface area contributed by atoms with Gasteiger partial charge in [0.2, 0.25) is 0 Å². The van der Waals surface area contributed by atoms with Crippen LogP contribution in [0.4, 0.5) is 4.39 Å². The van der Waals surface area contributed by atoms with Crippen molar-refractivity contribution in [1.29, 1.82) is 0 Å². The van der Waals surface area contributed by atoms with Gasteiger partial charge < -0.3 is 11.1 Å². The van der Waals surface area contributed by atoms with Crippen LogP contribution in [0.1, 0.15) is 37.0 Å². The SMILES string of the molecule is CCC(CC)(NC(=O)c1cccc(F)c1Br)C(N)=S. The maximum Gasteiger partial charge on any atom is 0.253 e. The minimum absolute atomic E-state index is 0.136. The van der Waals surface area contributed by atoms with Crippen molar-refractivity contribution in [3.8, 4) is 0 Å². The summed E-state index contributed by atoms with van der Waals surface area (Å²) < 4.78 is 13.6. The standard InChI is InChI=1S/C13H16BrFN2OS/c1-3-13(4-2,12(16)19)17-11(18)8-6-5-7-9(15)10(8)14/h5-7H,3-4H2,1-2H3,(H2,16,19)(H,17,18). The van der Waals surface area contributed by atoms with Gasteiger partial charge in [-0.15, -0.1) is 0 Å². The van der Waals surface area contributed by atoms with Crippen LogP contribution in [-0.4, -0.2) is 16.4 Å². The van der Waals surface area contributed by atoms with E-state index in [0.29, 0.717) is 12.8 Å². The van der Waals surface area contributed by atoms with E-state index in [1.54, 1.807) is 0 Å². The number of carbonyl (C=O) groups excluding carboxylic acids is 1. The van der Waals surface area contributed by atoms with E-state index in [1.165, 1.54) is 18.2 Å².